The van der Waals surface area contributed by atoms with Gasteiger partial charge < -0.3 is 14.6 Å². The van der Waals surface area contributed by atoms with Gasteiger partial charge in [0.1, 0.15) is 6.04 Å². The highest BCUT2D eigenvalue weighted by molar-refractivity contribution is 5.79. The molecule has 2 atom stereocenters. The minimum absolute atomic E-state index is 0.0979. The first-order chi connectivity index (χ1) is 17.7. The number of para-hydroxylation sites is 1. The quantitative estimate of drug-likeness (QED) is 0.449. The van der Waals surface area contributed by atoms with E-state index in [1.807, 2.05) is 29.8 Å². The third-order valence-electron chi connectivity index (χ3n) is 7.33. The fourth-order valence-corrected chi connectivity index (χ4v) is 5.43. The Morgan fingerprint density at radius 1 is 1.08 bits per heavy atom. The first kappa shape index (κ1) is 22.9. The lowest BCUT2D eigenvalue weighted by atomic mass is 10.0. The molecule has 2 aromatic carbocycles. The normalized spacial score (nSPS) is 19.7. The van der Waals surface area contributed by atoms with Crippen molar-refractivity contribution in [3.63, 3.8) is 0 Å². The van der Waals surface area contributed by atoms with Crippen LogP contribution in [-0.2, 0) is 11.3 Å². The molecule has 4 aromatic rings. The summed E-state index contributed by atoms with van der Waals surface area (Å²) in [6, 6.07) is 18.3. The molecule has 0 spiro atoms. The maximum Gasteiger partial charge on any atom is 0.253 e. The Morgan fingerprint density at radius 3 is 2.69 bits per heavy atom. The number of anilines is 1. The van der Waals surface area contributed by atoms with E-state index in [9.17, 15) is 4.79 Å². The Hall–Kier alpha value is -3.56. The number of benzene rings is 2. The van der Waals surface area contributed by atoms with E-state index >= 15 is 0 Å². The molecule has 1 N–H and O–H groups in total. The molecule has 6 rings (SSSR count). The zero-order valence-corrected chi connectivity index (χ0v) is 20.5. The summed E-state index contributed by atoms with van der Waals surface area (Å²) in [5.41, 5.74) is 3.74. The Balaban J connectivity index is 1.37. The molecule has 9 heteroatoms. The second-order valence-electron chi connectivity index (χ2n) is 9.76. The Bertz CT molecular complexity index is 1390. The standard InChI is InChI=1S/C27H31N7O2/c1-19-9-10-20-17-23(27(35)28-24(20)16-19)25(26-29-30-31-34(26)18-22-8-5-15-36-22)33-13-11-32(12-14-33)21-6-3-2-4-7-21/h2-4,6-7,9-10,16-17,22,25H,5,8,11-15,18H2,1H3,(H,28,35)/t22-,25+/m1/s1. The van der Waals surface area contributed by atoms with Gasteiger partial charge in [-0.3, -0.25) is 9.69 Å². The molecule has 0 amide bonds. The molecule has 9 nitrogen and oxygen atoms in total. The largest absolute Gasteiger partial charge is 0.376 e. The van der Waals surface area contributed by atoms with Crippen molar-refractivity contribution in [1.29, 1.82) is 0 Å². The van der Waals surface area contributed by atoms with Gasteiger partial charge in [0.15, 0.2) is 5.82 Å². The molecule has 36 heavy (non-hydrogen) atoms. The molecule has 0 bridgehead atoms. The Kier molecular flexibility index (Phi) is 6.25. The molecule has 2 saturated heterocycles. The van der Waals surface area contributed by atoms with E-state index in [4.69, 9.17) is 4.74 Å². The third-order valence-corrected chi connectivity index (χ3v) is 7.33. The third kappa shape index (κ3) is 4.52. The molecule has 0 radical (unpaired) electrons. The smallest absolute Gasteiger partial charge is 0.253 e. The number of hydrogen-bond donors (Lipinski definition) is 1. The van der Waals surface area contributed by atoms with Crippen LogP contribution in [0.4, 0.5) is 5.69 Å². The predicted molar refractivity (Wildman–Crippen MR) is 138 cm³/mol. The molecule has 2 aromatic heterocycles. The van der Waals surface area contributed by atoms with E-state index in [2.05, 4.69) is 66.7 Å². The SMILES string of the molecule is Cc1ccc2cc([C@@H](c3nnnn3C[C@H]3CCCO3)N3CCN(c4ccccc4)CC3)c(=O)[nH]c2c1. The lowest BCUT2D eigenvalue weighted by Gasteiger charge is -2.39. The summed E-state index contributed by atoms with van der Waals surface area (Å²) in [7, 11) is 0. The number of aromatic nitrogens is 5. The molecule has 2 aliphatic rings. The fourth-order valence-electron chi connectivity index (χ4n) is 5.43. The zero-order chi connectivity index (χ0) is 24.5. The number of hydrogen-bond acceptors (Lipinski definition) is 7. The number of rotatable bonds is 6. The van der Waals surface area contributed by atoms with Gasteiger partial charge in [0, 0.05) is 49.6 Å². The summed E-state index contributed by atoms with van der Waals surface area (Å²) < 4.78 is 7.70. The van der Waals surface area contributed by atoms with Gasteiger partial charge in [0.25, 0.3) is 5.56 Å². The van der Waals surface area contributed by atoms with Crippen LogP contribution in [0.3, 0.4) is 0 Å². The van der Waals surface area contributed by atoms with E-state index in [1.165, 1.54) is 5.69 Å². The molecular formula is C27H31N7O2. The number of H-pyrrole nitrogens is 1. The van der Waals surface area contributed by atoms with Crippen molar-refractivity contribution in [2.24, 2.45) is 0 Å². The van der Waals surface area contributed by atoms with Gasteiger partial charge in [-0.15, -0.1) is 5.10 Å². The minimum atomic E-state index is -0.353. The van der Waals surface area contributed by atoms with Crippen LogP contribution >= 0.6 is 0 Å². The summed E-state index contributed by atoms with van der Waals surface area (Å²) in [4.78, 5) is 21.3. The van der Waals surface area contributed by atoms with Gasteiger partial charge >= 0.3 is 0 Å². The summed E-state index contributed by atoms with van der Waals surface area (Å²) >= 11 is 0. The molecule has 2 aliphatic heterocycles. The first-order valence-corrected chi connectivity index (χ1v) is 12.7. The Morgan fingerprint density at radius 2 is 1.92 bits per heavy atom. The maximum absolute atomic E-state index is 13.5. The maximum atomic E-state index is 13.5. The molecule has 0 aliphatic carbocycles. The van der Waals surface area contributed by atoms with E-state index in [0.717, 1.165) is 62.1 Å². The van der Waals surface area contributed by atoms with Gasteiger partial charge in [0.2, 0.25) is 0 Å². The van der Waals surface area contributed by atoms with Gasteiger partial charge in [-0.25, -0.2) is 4.68 Å². The second kappa shape index (κ2) is 9.83. The molecule has 186 valence electrons. The van der Waals surface area contributed by atoms with Crippen molar-refractivity contribution < 1.29 is 4.74 Å². The van der Waals surface area contributed by atoms with Crippen LogP contribution in [0.15, 0.2) is 59.4 Å². The lowest BCUT2D eigenvalue weighted by molar-refractivity contribution is 0.0906. The van der Waals surface area contributed by atoms with Gasteiger partial charge in [0.05, 0.1) is 12.6 Å². The number of pyridine rings is 1. The lowest BCUT2D eigenvalue weighted by Crippen LogP contribution is -2.49. The molecule has 0 unspecified atom stereocenters. The molecule has 4 heterocycles. The van der Waals surface area contributed by atoms with E-state index in [0.29, 0.717) is 17.9 Å². The van der Waals surface area contributed by atoms with E-state index in [-0.39, 0.29) is 17.7 Å². The number of aryl methyl sites for hydroxylation is 1. The van der Waals surface area contributed by atoms with Crippen LogP contribution in [0.1, 0.15) is 35.8 Å². The summed E-state index contributed by atoms with van der Waals surface area (Å²) in [6.45, 7) is 6.69. The average molecular weight is 486 g/mol. The predicted octanol–water partition coefficient (Wildman–Crippen LogP) is 2.91. The number of tetrazole rings is 1. The highest BCUT2D eigenvalue weighted by atomic mass is 16.5. The molecule has 0 saturated carbocycles. The monoisotopic (exact) mass is 485 g/mol. The van der Waals surface area contributed by atoms with Crippen LogP contribution < -0.4 is 10.5 Å². The van der Waals surface area contributed by atoms with Crippen LogP contribution in [0.25, 0.3) is 10.9 Å². The summed E-state index contributed by atoms with van der Waals surface area (Å²) in [5, 5.41) is 13.8. The topological polar surface area (TPSA) is 92.2 Å². The van der Waals surface area contributed by atoms with Crippen LogP contribution in [0.2, 0.25) is 0 Å². The van der Waals surface area contributed by atoms with Crippen molar-refractivity contribution in [2.45, 2.75) is 38.5 Å². The number of ether oxygens (including phenoxy) is 1. The minimum Gasteiger partial charge on any atom is -0.376 e. The second-order valence-corrected chi connectivity index (χ2v) is 9.76. The van der Waals surface area contributed by atoms with Gasteiger partial charge in [-0.05, 0) is 65.4 Å². The fraction of sp³-hybridized carbons (Fsp3) is 0.407. The highest BCUT2D eigenvalue weighted by Gasteiger charge is 2.33. The molecule has 2 fully saturated rings. The average Bonchev–Trinajstić information content (AvgIpc) is 3.58. The van der Waals surface area contributed by atoms with Crippen molar-refractivity contribution in [3.8, 4) is 0 Å². The van der Waals surface area contributed by atoms with E-state index < -0.39 is 0 Å². The first-order valence-electron chi connectivity index (χ1n) is 12.7. The van der Waals surface area contributed by atoms with Crippen LogP contribution in [0, 0.1) is 6.92 Å². The number of fused-ring (bicyclic) bond motifs is 1. The number of piperazine rings is 1. The zero-order valence-electron chi connectivity index (χ0n) is 20.5. The van der Waals surface area contributed by atoms with Crippen LogP contribution in [-0.4, -0.2) is 69.0 Å². The van der Waals surface area contributed by atoms with Crippen molar-refractivity contribution in [3.05, 3.63) is 81.9 Å². The number of nitrogens with zero attached hydrogens (tertiary/aromatic N) is 6. The highest BCUT2D eigenvalue weighted by Crippen LogP contribution is 2.29. The van der Waals surface area contributed by atoms with Gasteiger partial charge in [-0.2, -0.15) is 0 Å². The van der Waals surface area contributed by atoms with Crippen molar-refractivity contribution in [2.75, 3.05) is 37.7 Å². The van der Waals surface area contributed by atoms with Crippen LogP contribution in [0.5, 0.6) is 0 Å². The summed E-state index contributed by atoms with van der Waals surface area (Å²) in [6.07, 6.45) is 2.15. The summed E-state index contributed by atoms with van der Waals surface area (Å²) in [5.74, 6) is 0.690. The Labute approximate surface area is 209 Å². The van der Waals surface area contributed by atoms with E-state index in [1.54, 1.807) is 0 Å². The molecular weight excluding hydrogens is 454 g/mol. The number of aromatic amines is 1. The van der Waals surface area contributed by atoms with Gasteiger partial charge in [-0.1, -0.05) is 30.3 Å². The van der Waals surface area contributed by atoms with Crippen molar-refractivity contribution >= 4 is 16.6 Å². The van der Waals surface area contributed by atoms with Crippen molar-refractivity contribution in [1.82, 2.24) is 30.1 Å². The number of nitrogens with one attached hydrogen (secondary N) is 1.